The first-order valence-corrected chi connectivity index (χ1v) is 8.66. The van der Waals surface area contributed by atoms with Crippen LogP contribution in [0.4, 0.5) is 0 Å². The number of ether oxygens (including phenoxy) is 1. The highest BCUT2D eigenvalue weighted by atomic mass is 32.2. The van der Waals surface area contributed by atoms with Crippen molar-refractivity contribution in [3.05, 3.63) is 42.5 Å². The Kier molecular flexibility index (Phi) is 6.36. The lowest BCUT2D eigenvalue weighted by molar-refractivity contribution is 0.173. The average Bonchev–Trinajstić information content (AvgIpc) is 2.52. The van der Waals surface area contributed by atoms with Crippen molar-refractivity contribution in [3.8, 4) is 0 Å². The van der Waals surface area contributed by atoms with Gasteiger partial charge in [0, 0.05) is 23.8 Å². The molecule has 2 aromatic rings. The first kappa shape index (κ1) is 16.1. The van der Waals surface area contributed by atoms with E-state index in [4.69, 9.17) is 4.74 Å². The molecule has 2 rings (SSSR count). The number of benzene rings is 2. The van der Waals surface area contributed by atoms with E-state index in [0.29, 0.717) is 12.4 Å². The normalized spacial score (nSPS) is 14.2. The van der Waals surface area contributed by atoms with Crippen molar-refractivity contribution in [1.29, 1.82) is 0 Å². The number of nitrogens with one attached hydrogen (secondary N) is 1. The molecule has 0 aliphatic rings. The van der Waals surface area contributed by atoms with Crippen molar-refractivity contribution < 1.29 is 8.95 Å². The highest BCUT2D eigenvalue weighted by Crippen LogP contribution is 2.18. The zero-order valence-electron chi connectivity index (χ0n) is 12.7. The zero-order valence-corrected chi connectivity index (χ0v) is 13.5. The smallest absolute Gasteiger partial charge is 0.0624 e. The predicted molar refractivity (Wildman–Crippen MR) is 89.2 cm³/mol. The summed E-state index contributed by atoms with van der Waals surface area (Å²) in [5, 5.41) is 5.70. The minimum Gasteiger partial charge on any atom is -0.383 e. The van der Waals surface area contributed by atoms with Crippen molar-refractivity contribution in [2.45, 2.75) is 24.3 Å². The van der Waals surface area contributed by atoms with Crippen LogP contribution in [0.15, 0.2) is 47.4 Å². The maximum absolute atomic E-state index is 12.6. The van der Waals surface area contributed by atoms with Gasteiger partial charge in [-0.25, -0.2) is 0 Å². The van der Waals surface area contributed by atoms with Crippen molar-refractivity contribution in [1.82, 2.24) is 5.32 Å². The lowest BCUT2D eigenvalue weighted by Crippen LogP contribution is -2.38. The van der Waals surface area contributed by atoms with E-state index in [1.807, 2.05) is 30.3 Å². The minimum absolute atomic E-state index is 0.127. The van der Waals surface area contributed by atoms with Crippen molar-refractivity contribution in [2.75, 3.05) is 26.0 Å². The van der Waals surface area contributed by atoms with E-state index >= 15 is 0 Å². The molecule has 3 nitrogen and oxygen atoms in total. The monoisotopic (exact) mass is 305 g/mol. The molecule has 0 saturated heterocycles. The third kappa shape index (κ3) is 4.63. The second-order valence-electron chi connectivity index (χ2n) is 5.13. The van der Waals surface area contributed by atoms with Gasteiger partial charge in [0.15, 0.2) is 0 Å². The second kappa shape index (κ2) is 8.27. The molecule has 0 amide bonds. The Morgan fingerprint density at radius 1 is 1.19 bits per heavy atom. The fourth-order valence-corrected chi connectivity index (χ4v) is 3.55. The van der Waals surface area contributed by atoms with Gasteiger partial charge in [-0.1, -0.05) is 37.3 Å². The molecule has 1 N–H and O–H groups in total. The second-order valence-corrected chi connectivity index (χ2v) is 6.62. The van der Waals surface area contributed by atoms with Crippen LogP contribution in [-0.4, -0.2) is 36.3 Å². The molecule has 0 fully saturated rings. The number of methoxy groups -OCH3 is 1. The van der Waals surface area contributed by atoms with Crippen LogP contribution in [0, 0.1) is 0 Å². The molecule has 0 spiro atoms. The van der Waals surface area contributed by atoms with Crippen molar-refractivity contribution in [2.24, 2.45) is 0 Å². The van der Waals surface area contributed by atoms with E-state index < -0.39 is 10.8 Å². The molecule has 2 unspecified atom stereocenters. The molecule has 0 bridgehead atoms. The van der Waals surface area contributed by atoms with Crippen LogP contribution < -0.4 is 5.32 Å². The van der Waals surface area contributed by atoms with Crippen LogP contribution in [0.3, 0.4) is 0 Å². The molecule has 2 aromatic carbocycles. The summed E-state index contributed by atoms with van der Waals surface area (Å²) in [5.41, 5.74) is 0. The van der Waals surface area contributed by atoms with Gasteiger partial charge in [0.2, 0.25) is 0 Å². The summed E-state index contributed by atoms with van der Waals surface area (Å²) in [6.07, 6.45) is 1.06. The third-order valence-corrected chi connectivity index (χ3v) is 4.87. The van der Waals surface area contributed by atoms with E-state index in [0.717, 1.165) is 23.2 Å². The highest BCUT2D eigenvalue weighted by molar-refractivity contribution is 7.85. The standard InChI is InChI=1S/C17H23NO2S/c1-3-10-18-16(12-20-2)13-21(19)17-9-8-14-6-4-5-7-15(14)11-17/h4-9,11,16,18H,3,10,12-13H2,1-2H3. The fraction of sp³-hybridized carbons (Fsp3) is 0.412. The summed E-state index contributed by atoms with van der Waals surface area (Å²) in [4.78, 5) is 0.883. The summed E-state index contributed by atoms with van der Waals surface area (Å²) < 4.78 is 17.8. The van der Waals surface area contributed by atoms with Crippen LogP contribution >= 0.6 is 0 Å². The van der Waals surface area contributed by atoms with Gasteiger partial charge in [-0.05, 0) is 35.9 Å². The largest absolute Gasteiger partial charge is 0.383 e. The van der Waals surface area contributed by atoms with Crippen LogP contribution in [0.25, 0.3) is 10.8 Å². The molecule has 0 saturated carbocycles. The van der Waals surface area contributed by atoms with Crippen molar-refractivity contribution in [3.63, 3.8) is 0 Å². The average molecular weight is 305 g/mol. The topological polar surface area (TPSA) is 38.3 Å². The van der Waals surface area contributed by atoms with Gasteiger partial charge in [-0.3, -0.25) is 4.21 Å². The minimum atomic E-state index is -1.02. The summed E-state index contributed by atoms with van der Waals surface area (Å²) in [6.45, 7) is 3.62. The number of rotatable bonds is 8. The van der Waals surface area contributed by atoms with Gasteiger partial charge in [0.05, 0.1) is 17.4 Å². The molecule has 4 heteroatoms. The van der Waals surface area contributed by atoms with Gasteiger partial charge < -0.3 is 10.1 Å². The van der Waals surface area contributed by atoms with Crippen molar-refractivity contribution >= 4 is 21.6 Å². The predicted octanol–water partition coefficient (Wildman–Crippen LogP) is 2.96. The molecule has 0 aliphatic carbocycles. The Bertz CT molecular complexity index is 600. The lowest BCUT2D eigenvalue weighted by atomic mass is 10.1. The number of fused-ring (bicyclic) bond motifs is 1. The van der Waals surface area contributed by atoms with Gasteiger partial charge in [0.1, 0.15) is 0 Å². The highest BCUT2D eigenvalue weighted by Gasteiger charge is 2.13. The van der Waals surface area contributed by atoms with Gasteiger partial charge in [-0.15, -0.1) is 0 Å². The van der Waals surface area contributed by atoms with E-state index in [1.165, 1.54) is 5.39 Å². The quantitative estimate of drug-likeness (QED) is 0.815. The maximum Gasteiger partial charge on any atom is 0.0624 e. The molecule has 0 aliphatic heterocycles. The molecule has 114 valence electrons. The zero-order chi connectivity index (χ0) is 15.1. The summed E-state index contributed by atoms with van der Waals surface area (Å²) in [5.74, 6) is 0.576. The molecule has 21 heavy (non-hydrogen) atoms. The van der Waals surface area contributed by atoms with Crippen LogP contribution in [0.2, 0.25) is 0 Å². The molecular formula is C17H23NO2S. The fourth-order valence-electron chi connectivity index (χ4n) is 2.30. The first-order valence-electron chi connectivity index (χ1n) is 7.34. The molecule has 2 atom stereocenters. The SMILES string of the molecule is CCCNC(COC)CS(=O)c1ccc2ccccc2c1. The van der Waals surface area contributed by atoms with E-state index in [9.17, 15) is 4.21 Å². The van der Waals surface area contributed by atoms with Crippen LogP contribution in [0.5, 0.6) is 0 Å². The Morgan fingerprint density at radius 3 is 2.67 bits per heavy atom. The van der Waals surface area contributed by atoms with Gasteiger partial charge >= 0.3 is 0 Å². The van der Waals surface area contributed by atoms with E-state index in [-0.39, 0.29) is 6.04 Å². The Labute approximate surface area is 129 Å². The summed E-state index contributed by atoms with van der Waals surface area (Å²) in [6, 6.07) is 14.3. The van der Waals surface area contributed by atoms with E-state index in [2.05, 4.69) is 24.4 Å². The summed E-state index contributed by atoms with van der Waals surface area (Å²) in [7, 11) is 0.663. The number of hydrogen-bond acceptors (Lipinski definition) is 3. The first-order chi connectivity index (χ1) is 10.2. The molecule has 0 heterocycles. The third-order valence-electron chi connectivity index (χ3n) is 3.39. The number of hydrogen-bond donors (Lipinski definition) is 1. The van der Waals surface area contributed by atoms with E-state index in [1.54, 1.807) is 7.11 Å². The molecule has 0 aromatic heterocycles. The van der Waals surface area contributed by atoms with Gasteiger partial charge in [0.25, 0.3) is 0 Å². The Balaban J connectivity index is 2.09. The Morgan fingerprint density at radius 2 is 1.95 bits per heavy atom. The van der Waals surface area contributed by atoms with Gasteiger partial charge in [-0.2, -0.15) is 0 Å². The van der Waals surface area contributed by atoms with Crippen LogP contribution in [-0.2, 0) is 15.5 Å². The Hall–Kier alpha value is -1.23. The van der Waals surface area contributed by atoms with Crippen LogP contribution in [0.1, 0.15) is 13.3 Å². The maximum atomic E-state index is 12.6. The molecule has 0 radical (unpaired) electrons. The molecular weight excluding hydrogens is 282 g/mol. The summed E-state index contributed by atoms with van der Waals surface area (Å²) >= 11 is 0. The lowest BCUT2D eigenvalue weighted by Gasteiger charge is -2.17.